The molecule has 2 rings (SSSR count). The quantitative estimate of drug-likeness (QED) is 0.756. The molecule has 120 valence electrons. The van der Waals surface area contributed by atoms with E-state index in [-0.39, 0.29) is 25.0 Å². The van der Waals surface area contributed by atoms with Crippen LogP contribution in [0.5, 0.6) is 11.5 Å². The Balaban J connectivity index is 2.30. The molecule has 0 saturated heterocycles. The summed E-state index contributed by atoms with van der Waals surface area (Å²) in [6.07, 6.45) is 2.48. The van der Waals surface area contributed by atoms with Crippen molar-refractivity contribution in [3.8, 4) is 11.5 Å². The zero-order valence-electron chi connectivity index (χ0n) is 13.3. The molecule has 1 unspecified atom stereocenters. The second kappa shape index (κ2) is 6.81. The Hall–Kier alpha value is -2.04. The van der Waals surface area contributed by atoms with E-state index in [0.29, 0.717) is 23.5 Å². The van der Waals surface area contributed by atoms with Crippen molar-refractivity contribution < 1.29 is 23.8 Å². The van der Waals surface area contributed by atoms with Gasteiger partial charge in [-0.3, -0.25) is 9.59 Å². The Morgan fingerprint density at radius 2 is 2.18 bits per heavy atom. The van der Waals surface area contributed by atoms with Gasteiger partial charge in [-0.15, -0.1) is 0 Å². The molecule has 0 saturated carbocycles. The van der Waals surface area contributed by atoms with Gasteiger partial charge in [0.1, 0.15) is 30.1 Å². The van der Waals surface area contributed by atoms with Crippen LogP contribution in [0.2, 0.25) is 0 Å². The van der Waals surface area contributed by atoms with Gasteiger partial charge in [0, 0.05) is 13.0 Å². The van der Waals surface area contributed by atoms with Gasteiger partial charge in [0.25, 0.3) is 0 Å². The maximum absolute atomic E-state index is 12.9. The van der Waals surface area contributed by atoms with Crippen molar-refractivity contribution in [2.45, 2.75) is 33.1 Å². The van der Waals surface area contributed by atoms with Crippen LogP contribution in [-0.2, 0) is 9.53 Å². The standard InChI is InChI=1S/C17H22O5/c1-4-5-8-17(10-21-12(2)18)11-22-15-9-13(20-3)6-7-14(15)16(17)19/h6-7,9H,4-5,8,10-11H2,1-3H3. The summed E-state index contributed by atoms with van der Waals surface area (Å²) in [5.74, 6) is 0.766. The number of carbonyl (C=O) groups excluding carboxylic acids is 2. The molecule has 5 heteroatoms. The summed E-state index contributed by atoms with van der Waals surface area (Å²) in [5.41, 5.74) is -0.265. The Morgan fingerprint density at radius 1 is 1.41 bits per heavy atom. The molecule has 1 heterocycles. The molecule has 0 N–H and O–H groups in total. The molecule has 1 aromatic rings. The van der Waals surface area contributed by atoms with Crippen LogP contribution in [0.4, 0.5) is 0 Å². The normalized spacial score (nSPS) is 20.0. The molecular weight excluding hydrogens is 284 g/mol. The lowest BCUT2D eigenvalue weighted by molar-refractivity contribution is -0.144. The third-order valence-electron chi connectivity index (χ3n) is 3.98. The maximum Gasteiger partial charge on any atom is 0.302 e. The van der Waals surface area contributed by atoms with Gasteiger partial charge in [-0.1, -0.05) is 19.8 Å². The second-order valence-corrected chi connectivity index (χ2v) is 5.64. The molecule has 0 aromatic heterocycles. The van der Waals surface area contributed by atoms with Crippen LogP contribution in [-0.4, -0.2) is 32.1 Å². The molecule has 5 nitrogen and oxygen atoms in total. The van der Waals surface area contributed by atoms with Gasteiger partial charge in [-0.25, -0.2) is 0 Å². The highest BCUT2D eigenvalue weighted by Gasteiger charge is 2.44. The van der Waals surface area contributed by atoms with Crippen LogP contribution >= 0.6 is 0 Å². The molecule has 1 aliphatic heterocycles. The maximum atomic E-state index is 12.9. The summed E-state index contributed by atoms with van der Waals surface area (Å²) in [7, 11) is 1.57. The van der Waals surface area contributed by atoms with Gasteiger partial charge < -0.3 is 14.2 Å². The van der Waals surface area contributed by atoms with Crippen LogP contribution < -0.4 is 9.47 Å². The minimum Gasteiger partial charge on any atom is -0.497 e. The summed E-state index contributed by atoms with van der Waals surface area (Å²) >= 11 is 0. The Labute approximate surface area is 130 Å². The molecule has 1 aromatic carbocycles. The van der Waals surface area contributed by atoms with E-state index in [1.807, 2.05) is 0 Å². The highest BCUT2D eigenvalue weighted by atomic mass is 16.5. The highest BCUT2D eigenvalue weighted by molar-refractivity contribution is 6.04. The van der Waals surface area contributed by atoms with Gasteiger partial charge >= 0.3 is 5.97 Å². The van der Waals surface area contributed by atoms with Gasteiger partial charge in [0.05, 0.1) is 12.7 Å². The number of Topliss-reactive ketones (excluding diaryl/α,β-unsaturated/α-hetero) is 1. The topological polar surface area (TPSA) is 61.8 Å². The molecule has 0 bridgehead atoms. The largest absolute Gasteiger partial charge is 0.497 e. The summed E-state index contributed by atoms with van der Waals surface area (Å²) < 4.78 is 16.1. The molecule has 0 spiro atoms. The zero-order chi connectivity index (χ0) is 16.2. The number of benzene rings is 1. The number of methoxy groups -OCH3 is 1. The molecule has 0 aliphatic carbocycles. The number of hydrogen-bond acceptors (Lipinski definition) is 5. The van der Waals surface area contributed by atoms with Crippen LogP contribution in [0.15, 0.2) is 18.2 Å². The third kappa shape index (κ3) is 3.24. The predicted molar refractivity (Wildman–Crippen MR) is 81.4 cm³/mol. The fraction of sp³-hybridized carbons (Fsp3) is 0.529. The predicted octanol–water partition coefficient (Wildman–Crippen LogP) is 3.01. The van der Waals surface area contributed by atoms with Crippen molar-refractivity contribution >= 4 is 11.8 Å². The Morgan fingerprint density at radius 3 is 2.82 bits per heavy atom. The number of fused-ring (bicyclic) bond motifs is 1. The monoisotopic (exact) mass is 306 g/mol. The van der Waals surface area contributed by atoms with Crippen molar-refractivity contribution in [1.29, 1.82) is 0 Å². The molecule has 0 radical (unpaired) electrons. The lowest BCUT2D eigenvalue weighted by Crippen LogP contribution is -2.45. The number of unbranched alkanes of at least 4 members (excludes halogenated alkanes) is 1. The van der Waals surface area contributed by atoms with Crippen LogP contribution in [0.1, 0.15) is 43.5 Å². The fourth-order valence-electron chi connectivity index (χ4n) is 2.62. The first-order chi connectivity index (χ1) is 10.5. The van der Waals surface area contributed by atoms with E-state index >= 15 is 0 Å². The first-order valence-electron chi connectivity index (χ1n) is 7.51. The van der Waals surface area contributed by atoms with Crippen molar-refractivity contribution in [1.82, 2.24) is 0 Å². The Kier molecular flexibility index (Phi) is 5.06. The smallest absolute Gasteiger partial charge is 0.302 e. The summed E-state index contributed by atoms with van der Waals surface area (Å²) in [6, 6.07) is 5.16. The summed E-state index contributed by atoms with van der Waals surface area (Å²) in [5, 5.41) is 0. The molecule has 0 fully saturated rings. The molecule has 1 aliphatic rings. The SMILES string of the molecule is CCCCC1(COC(C)=O)COc2cc(OC)ccc2C1=O. The summed E-state index contributed by atoms with van der Waals surface area (Å²) in [4.78, 5) is 24.1. The molecular formula is C17H22O5. The summed E-state index contributed by atoms with van der Waals surface area (Å²) in [6.45, 7) is 3.69. The van der Waals surface area contributed by atoms with Crippen molar-refractivity contribution in [3.63, 3.8) is 0 Å². The van der Waals surface area contributed by atoms with E-state index < -0.39 is 5.41 Å². The average molecular weight is 306 g/mol. The number of carbonyl (C=O) groups is 2. The van der Waals surface area contributed by atoms with Crippen LogP contribution in [0.3, 0.4) is 0 Å². The first kappa shape index (κ1) is 16.3. The lowest BCUT2D eigenvalue weighted by Gasteiger charge is -2.36. The number of hydrogen-bond donors (Lipinski definition) is 0. The fourth-order valence-corrected chi connectivity index (χ4v) is 2.62. The van der Waals surface area contributed by atoms with Crippen molar-refractivity contribution in [2.75, 3.05) is 20.3 Å². The zero-order valence-corrected chi connectivity index (χ0v) is 13.3. The van der Waals surface area contributed by atoms with Crippen LogP contribution in [0, 0.1) is 5.41 Å². The van der Waals surface area contributed by atoms with E-state index in [0.717, 1.165) is 12.8 Å². The van der Waals surface area contributed by atoms with Gasteiger partial charge in [0.15, 0.2) is 5.78 Å². The van der Waals surface area contributed by atoms with E-state index in [9.17, 15) is 9.59 Å². The van der Waals surface area contributed by atoms with E-state index in [1.54, 1.807) is 25.3 Å². The minimum atomic E-state index is -0.788. The van der Waals surface area contributed by atoms with E-state index in [4.69, 9.17) is 14.2 Å². The number of ketones is 1. The minimum absolute atomic E-state index is 0.0221. The van der Waals surface area contributed by atoms with Gasteiger partial charge in [-0.05, 0) is 18.6 Å². The van der Waals surface area contributed by atoms with Crippen molar-refractivity contribution in [2.24, 2.45) is 5.41 Å². The second-order valence-electron chi connectivity index (χ2n) is 5.64. The number of esters is 1. The van der Waals surface area contributed by atoms with Gasteiger partial charge in [0.2, 0.25) is 0 Å². The van der Waals surface area contributed by atoms with Gasteiger partial charge in [-0.2, -0.15) is 0 Å². The number of ether oxygens (including phenoxy) is 3. The number of rotatable bonds is 6. The van der Waals surface area contributed by atoms with E-state index in [2.05, 4.69) is 6.92 Å². The van der Waals surface area contributed by atoms with E-state index in [1.165, 1.54) is 6.92 Å². The first-order valence-corrected chi connectivity index (χ1v) is 7.51. The third-order valence-corrected chi connectivity index (χ3v) is 3.98. The van der Waals surface area contributed by atoms with Crippen molar-refractivity contribution in [3.05, 3.63) is 23.8 Å². The van der Waals surface area contributed by atoms with Crippen LogP contribution in [0.25, 0.3) is 0 Å². The lowest BCUT2D eigenvalue weighted by atomic mass is 9.76. The highest BCUT2D eigenvalue weighted by Crippen LogP contribution is 2.39. The Bertz CT molecular complexity index is 566. The molecule has 1 atom stereocenters. The molecule has 0 amide bonds. The molecule has 22 heavy (non-hydrogen) atoms. The average Bonchev–Trinajstić information content (AvgIpc) is 2.53.